The van der Waals surface area contributed by atoms with E-state index in [4.69, 9.17) is 4.98 Å². The van der Waals surface area contributed by atoms with Crippen LogP contribution in [0.3, 0.4) is 0 Å². The van der Waals surface area contributed by atoms with Crippen LogP contribution >= 0.6 is 23.1 Å². The van der Waals surface area contributed by atoms with Crippen molar-refractivity contribution >= 4 is 39.0 Å². The summed E-state index contributed by atoms with van der Waals surface area (Å²) in [5.41, 5.74) is 2.40. The average Bonchev–Trinajstić information content (AvgIpc) is 2.83. The molecule has 1 aromatic carbocycles. The number of anilines is 1. The molecule has 1 aliphatic rings. The minimum Gasteiger partial charge on any atom is -0.373 e. The molecule has 0 unspecified atom stereocenters. The third kappa shape index (κ3) is 2.11. The Morgan fingerprint density at radius 1 is 1.23 bits per heavy atom. The molecule has 3 aromatic rings. The van der Waals surface area contributed by atoms with E-state index in [0.717, 1.165) is 35.9 Å². The standard InChI is InChI=1S/C17H17N3S2/c1-3-13-19-14-11(17(18-2)20-13)8-9-21-15-10-6-4-5-7-12(10)22-16(14)15/h4-7H,3,8-9H2,1-2H3,(H,18,19,20). The van der Waals surface area contributed by atoms with Gasteiger partial charge in [-0.25, -0.2) is 9.97 Å². The Hall–Kier alpha value is -1.59. The Bertz CT molecular complexity index is 854. The molecule has 2 aromatic heterocycles. The Morgan fingerprint density at radius 2 is 2.09 bits per heavy atom. The molecule has 0 amide bonds. The lowest BCUT2D eigenvalue weighted by atomic mass is 10.1. The predicted octanol–water partition coefficient (Wildman–Crippen LogP) is 4.61. The number of hydrogen-bond acceptors (Lipinski definition) is 5. The molecule has 22 heavy (non-hydrogen) atoms. The summed E-state index contributed by atoms with van der Waals surface area (Å²) >= 11 is 3.81. The number of thiophene rings is 1. The van der Waals surface area contributed by atoms with Crippen molar-refractivity contribution in [1.29, 1.82) is 0 Å². The summed E-state index contributed by atoms with van der Waals surface area (Å²) in [7, 11) is 1.95. The van der Waals surface area contributed by atoms with Crippen molar-refractivity contribution in [3.05, 3.63) is 35.7 Å². The molecular weight excluding hydrogens is 310 g/mol. The smallest absolute Gasteiger partial charge is 0.133 e. The first kappa shape index (κ1) is 14.0. The highest BCUT2D eigenvalue weighted by atomic mass is 32.2. The van der Waals surface area contributed by atoms with Crippen molar-refractivity contribution in [3.63, 3.8) is 0 Å². The van der Waals surface area contributed by atoms with E-state index in [2.05, 4.69) is 41.5 Å². The maximum Gasteiger partial charge on any atom is 0.133 e. The number of nitrogens with one attached hydrogen (secondary N) is 1. The third-order valence-corrected chi connectivity index (χ3v) is 6.40. The number of rotatable bonds is 2. The van der Waals surface area contributed by atoms with E-state index in [0.29, 0.717) is 0 Å². The van der Waals surface area contributed by atoms with Gasteiger partial charge in [0.05, 0.1) is 10.6 Å². The molecule has 0 bridgehead atoms. The first-order valence-corrected chi connectivity index (χ1v) is 9.34. The first-order chi connectivity index (χ1) is 10.8. The van der Waals surface area contributed by atoms with Gasteiger partial charge in [-0.3, -0.25) is 0 Å². The Morgan fingerprint density at radius 3 is 2.91 bits per heavy atom. The molecular formula is C17H17N3S2. The van der Waals surface area contributed by atoms with Gasteiger partial charge in [-0.15, -0.1) is 23.1 Å². The van der Waals surface area contributed by atoms with Crippen molar-refractivity contribution in [3.8, 4) is 10.6 Å². The normalized spacial score (nSPS) is 13.5. The highest BCUT2D eigenvalue weighted by Gasteiger charge is 2.24. The molecule has 0 aliphatic carbocycles. The van der Waals surface area contributed by atoms with Crippen LogP contribution in [0.2, 0.25) is 0 Å². The number of hydrogen-bond donors (Lipinski definition) is 1. The fraction of sp³-hybridized carbons (Fsp3) is 0.294. The average molecular weight is 327 g/mol. The third-order valence-electron chi connectivity index (χ3n) is 3.97. The lowest BCUT2D eigenvalue weighted by molar-refractivity contribution is 0.925. The van der Waals surface area contributed by atoms with Crippen LogP contribution in [0.25, 0.3) is 20.7 Å². The number of aryl methyl sites for hydroxylation is 1. The number of fused-ring (bicyclic) bond motifs is 5. The van der Waals surface area contributed by atoms with Crippen molar-refractivity contribution in [2.75, 3.05) is 18.1 Å². The second-order valence-electron chi connectivity index (χ2n) is 5.27. The molecule has 0 spiro atoms. The van der Waals surface area contributed by atoms with Crippen LogP contribution in [0.1, 0.15) is 18.3 Å². The highest BCUT2D eigenvalue weighted by molar-refractivity contribution is 7.99. The Labute approximate surface area is 138 Å². The van der Waals surface area contributed by atoms with Crippen LogP contribution in [0.15, 0.2) is 29.2 Å². The van der Waals surface area contributed by atoms with E-state index >= 15 is 0 Å². The van der Waals surface area contributed by atoms with Crippen LogP contribution in [-0.2, 0) is 12.8 Å². The molecule has 0 radical (unpaired) electrons. The second kappa shape index (κ2) is 5.56. The van der Waals surface area contributed by atoms with Gasteiger partial charge in [-0.2, -0.15) is 0 Å². The van der Waals surface area contributed by atoms with Gasteiger partial charge in [-0.1, -0.05) is 25.1 Å². The molecule has 3 heterocycles. The number of nitrogens with zero attached hydrogens (tertiary/aromatic N) is 2. The zero-order valence-electron chi connectivity index (χ0n) is 12.6. The van der Waals surface area contributed by atoms with E-state index in [9.17, 15) is 0 Å². The molecule has 3 nitrogen and oxygen atoms in total. The van der Waals surface area contributed by atoms with Crippen LogP contribution in [0.4, 0.5) is 5.82 Å². The van der Waals surface area contributed by atoms with Crippen LogP contribution < -0.4 is 5.32 Å². The van der Waals surface area contributed by atoms with Crippen LogP contribution in [0, 0.1) is 0 Å². The first-order valence-electron chi connectivity index (χ1n) is 7.54. The number of benzene rings is 1. The van der Waals surface area contributed by atoms with Gasteiger partial charge in [0.1, 0.15) is 11.6 Å². The van der Waals surface area contributed by atoms with Gasteiger partial charge in [0.15, 0.2) is 0 Å². The number of thioether (sulfide) groups is 1. The summed E-state index contributed by atoms with van der Waals surface area (Å²) < 4.78 is 1.34. The van der Waals surface area contributed by atoms with Crippen molar-refractivity contribution in [2.24, 2.45) is 0 Å². The SMILES string of the molecule is CCc1nc(NC)c2c(n1)-c1sc3ccccc3c1SCC2. The molecule has 0 saturated carbocycles. The summed E-state index contributed by atoms with van der Waals surface area (Å²) in [6.07, 6.45) is 1.87. The molecule has 1 aliphatic heterocycles. The molecule has 1 N–H and O–H groups in total. The van der Waals surface area contributed by atoms with Gasteiger partial charge in [0.2, 0.25) is 0 Å². The van der Waals surface area contributed by atoms with E-state index in [1.165, 1.54) is 25.4 Å². The zero-order chi connectivity index (χ0) is 15.1. The molecule has 4 rings (SSSR count). The van der Waals surface area contributed by atoms with Gasteiger partial charge in [-0.05, 0) is 12.5 Å². The molecule has 112 valence electrons. The summed E-state index contributed by atoms with van der Waals surface area (Å²) in [6, 6.07) is 8.66. The molecule has 0 atom stereocenters. The maximum absolute atomic E-state index is 4.88. The number of aromatic nitrogens is 2. The summed E-state index contributed by atoms with van der Waals surface area (Å²) in [5, 5.41) is 4.63. The fourth-order valence-electron chi connectivity index (χ4n) is 2.90. The summed E-state index contributed by atoms with van der Waals surface area (Å²) in [5.74, 6) is 2.98. The van der Waals surface area contributed by atoms with Crippen molar-refractivity contribution < 1.29 is 0 Å². The van der Waals surface area contributed by atoms with E-state index in [1.54, 1.807) is 0 Å². The Kier molecular flexibility index (Phi) is 3.54. The van der Waals surface area contributed by atoms with Gasteiger partial charge in [0, 0.05) is 39.8 Å². The van der Waals surface area contributed by atoms with Crippen molar-refractivity contribution in [1.82, 2.24) is 9.97 Å². The van der Waals surface area contributed by atoms with Crippen LogP contribution in [-0.4, -0.2) is 22.8 Å². The highest BCUT2D eigenvalue weighted by Crippen LogP contribution is 2.47. The maximum atomic E-state index is 4.88. The van der Waals surface area contributed by atoms with E-state index in [1.807, 2.05) is 30.1 Å². The minimum absolute atomic E-state index is 0.856. The van der Waals surface area contributed by atoms with Gasteiger partial charge in [0.25, 0.3) is 0 Å². The largest absolute Gasteiger partial charge is 0.373 e. The fourth-order valence-corrected chi connectivity index (χ4v) is 5.45. The molecule has 0 fully saturated rings. The van der Waals surface area contributed by atoms with Crippen LogP contribution in [0.5, 0.6) is 0 Å². The minimum atomic E-state index is 0.856. The van der Waals surface area contributed by atoms with E-state index < -0.39 is 0 Å². The summed E-state index contributed by atoms with van der Waals surface area (Å²) in [6.45, 7) is 2.11. The van der Waals surface area contributed by atoms with Crippen molar-refractivity contribution in [2.45, 2.75) is 24.7 Å². The quantitative estimate of drug-likeness (QED) is 0.746. The zero-order valence-corrected chi connectivity index (χ0v) is 14.3. The molecule has 5 heteroatoms. The summed E-state index contributed by atoms with van der Waals surface area (Å²) in [4.78, 5) is 12.3. The second-order valence-corrected chi connectivity index (χ2v) is 7.43. The topological polar surface area (TPSA) is 37.8 Å². The van der Waals surface area contributed by atoms with E-state index in [-0.39, 0.29) is 0 Å². The predicted molar refractivity (Wildman–Crippen MR) is 96.2 cm³/mol. The Balaban J connectivity index is 2.05. The van der Waals surface area contributed by atoms with Gasteiger partial charge >= 0.3 is 0 Å². The lowest BCUT2D eigenvalue weighted by Gasteiger charge is -2.12. The lowest BCUT2D eigenvalue weighted by Crippen LogP contribution is -2.06. The monoisotopic (exact) mass is 327 g/mol. The molecule has 0 saturated heterocycles. The van der Waals surface area contributed by atoms with Gasteiger partial charge < -0.3 is 5.32 Å².